The summed E-state index contributed by atoms with van der Waals surface area (Å²) in [5.41, 5.74) is 2.67. The molecule has 0 fully saturated rings. The van der Waals surface area contributed by atoms with Gasteiger partial charge in [0.25, 0.3) is 0 Å². The molecule has 2 aromatic heterocycles. The third-order valence-corrected chi connectivity index (χ3v) is 3.24. The minimum atomic E-state index is 0.485. The van der Waals surface area contributed by atoms with Crippen molar-refractivity contribution in [3.8, 4) is 10.7 Å². The van der Waals surface area contributed by atoms with E-state index in [1.165, 1.54) is 11.3 Å². The van der Waals surface area contributed by atoms with Gasteiger partial charge in [0.15, 0.2) is 10.6 Å². The number of aromatic nitrogens is 4. The number of thiazole rings is 1. The molecule has 80 valence electrons. The number of ether oxygens (including phenoxy) is 1. The monoisotopic (exact) mass is 242 g/mol. The lowest BCUT2D eigenvalue weighted by Crippen LogP contribution is -1.95. The van der Waals surface area contributed by atoms with Crippen LogP contribution >= 0.6 is 23.6 Å². The summed E-state index contributed by atoms with van der Waals surface area (Å²) < 4.78 is 7.49. The molecule has 2 rings (SSSR count). The molecule has 0 aliphatic carbocycles. The van der Waals surface area contributed by atoms with Crippen LogP contribution in [0.4, 0.5) is 0 Å². The van der Waals surface area contributed by atoms with E-state index in [2.05, 4.69) is 15.2 Å². The zero-order chi connectivity index (χ0) is 10.8. The predicted molar refractivity (Wildman–Crippen MR) is 60.2 cm³/mol. The van der Waals surface area contributed by atoms with Crippen molar-refractivity contribution in [2.75, 3.05) is 7.11 Å². The van der Waals surface area contributed by atoms with Crippen LogP contribution in [0.25, 0.3) is 10.7 Å². The van der Waals surface area contributed by atoms with Crippen molar-refractivity contribution >= 4 is 23.6 Å². The molecule has 0 saturated carbocycles. The van der Waals surface area contributed by atoms with Crippen molar-refractivity contribution in [1.82, 2.24) is 19.7 Å². The number of nitrogens with zero attached hydrogens (tertiary/aromatic N) is 3. The Bertz CT molecular complexity index is 513. The molecule has 0 unspecified atom stereocenters. The number of nitrogens with one attached hydrogen (secondary N) is 1. The van der Waals surface area contributed by atoms with E-state index in [-0.39, 0.29) is 0 Å². The second kappa shape index (κ2) is 4.21. The Labute approximate surface area is 95.7 Å². The maximum Gasteiger partial charge on any atom is 0.195 e. The van der Waals surface area contributed by atoms with Gasteiger partial charge < -0.3 is 9.30 Å². The Hall–Kier alpha value is -1.05. The van der Waals surface area contributed by atoms with Crippen LogP contribution in [-0.4, -0.2) is 26.9 Å². The van der Waals surface area contributed by atoms with E-state index in [0.717, 1.165) is 16.4 Å². The molecule has 5 nitrogen and oxygen atoms in total. The molecule has 0 bridgehead atoms. The van der Waals surface area contributed by atoms with Crippen LogP contribution in [0, 0.1) is 4.77 Å². The van der Waals surface area contributed by atoms with E-state index < -0.39 is 0 Å². The first-order valence-electron chi connectivity index (χ1n) is 4.27. The van der Waals surface area contributed by atoms with E-state index in [9.17, 15) is 0 Å². The molecule has 0 aromatic carbocycles. The van der Waals surface area contributed by atoms with Gasteiger partial charge in [-0.2, -0.15) is 5.10 Å². The zero-order valence-electron chi connectivity index (χ0n) is 8.35. The van der Waals surface area contributed by atoms with Crippen molar-refractivity contribution in [1.29, 1.82) is 0 Å². The van der Waals surface area contributed by atoms with Gasteiger partial charge in [-0.1, -0.05) is 0 Å². The van der Waals surface area contributed by atoms with Crippen LogP contribution in [0.5, 0.6) is 0 Å². The molecule has 7 heteroatoms. The van der Waals surface area contributed by atoms with Crippen LogP contribution in [-0.2, 0) is 18.4 Å². The fourth-order valence-corrected chi connectivity index (χ4v) is 2.19. The average molecular weight is 242 g/mol. The second-order valence-electron chi connectivity index (χ2n) is 2.97. The van der Waals surface area contributed by atoms with Crippen molar-refractivity contribution in [2.45, 2.75) is 6.61 Å². The summed E-state index contributed by atoms with van der Waals surface area (Å²) >= 11 is 6.58. The molecule has 0 spiro atoms. The summed E-state index contributed by atoms with van der Waals surface area (Å²) in [7, 11) is 3.52. The molecule has 0 aliphatic heterocycles. The SMILES string of the molecule is COCc1ncsc1-c1n[nH]c(=S)n1C. The Morgan fingerprint density at radius 2 is 2.47 bits per heavy atom. The Morgan fingerprint density at radius 1 is 1.67 bits per heavy atom. The minimum Gasteiger partial charge on any atom is -0.378 e. The first-order chi connectivity index (χ1) is 7.24. The fourth-order valence-electron chi connectivity index (χ4n) is 1.24. The van der Waals surface area contributed by atoms with Crippen LogP contribution < -0.4 is 0 Å². The Kier molecular flexibility index (Phi) is 2.94. The molecule has 1 N–H and O–H groups in total. The standard InChI is InChI=1S/C8H10N4OS2/c1-12-7(10-11-8(12)14)6-5(3-13-2)9-4-15-6/h4H,3H2,1-2H3,(H,11,14). The van der Waals surface area contributed by atoms with Crippen LogP contribution in [0.1, 0.15) is 5.69 Å². The topological polar surface area (TPSA) is 55.7 Å². The summed E-state index contributed by atoms with van der Waals surface area (Å²) in [6.07, 6.45) is 0. The van der Waals surface area contributed by atoms with E-state index >= 15 is 0 Å². The maximum atomic E-state index is 5.07. The predicted octanol–water partition coefficient (Wildman–Crippen LogP) is 1.75. The quantitative estimate of drug-likeness (QED) is 0.833. The van der Waals surface area contributed by atoms with Crippen LogP contribution in [0.2, 0.25) is 0 Å². The van der Waals surface area contributed by atoms with Gasteiger partial charge in [-0.05, 0) is 12.2 Å². The first kappa shape index (κ1) is 10.5. The van der Waals surface area contributed by atoms with E-state index in [1.54, 1.807) is 12.6 Å². The molecule has 15 heavy (non-hydrogen) atoms. The number of rotatable bonds is 3. The van der Waals surface area contributed by atoms with E-state index in [1.807, 2.05) is 11.6 Å². The molecular weight excluding hydrogens is 232 g/mol. The Balaban J connectivity index is 2.49. The lowest BCUT2D eigenvalue weighted by Gasteiger charge is -2.00. The van der Waals surface area contributed by atoms with Crippen LogP contribution in [0.15, 0.2) is 5.51 Å². The van der Waals surface area contributed by atoms with Crippen molar-refractivity contribution in [3.05, 3.63) is 16.0 Å². The molecule has 2 heterocycles. The largest absolute Gasteiger partial charge is 0.378 e. The molecule has 0 amide bonds. The fraction of sp³-hybridized carbons (Fsp3) is 0.375. The van der Waals surface area contributed by atoms with Crippen LogP contribution in [0.3, 0.4) is 0 Å². The lowest BCUT2D eigenvalue weighted by molar-refractivity contribution is 0.182. The molecule has 0 atom stereocenters. The number of H-pyrrole nitrogens is 1. The highest BCUT2D eigenvalue weighted by Crippen LogP contribution is 2.25. The normalized spacial score (nSPS) is 10.8. The number of aromatic amines is 1. The van der Waals surface area contributed by atoms with Gasteiger partial charge in [-0.25, -0.2) is 4.98 Å². The number of hydrogen-bond donors (Lipinski definition) is 1. The number of methoxy groups -OCH3 is 1. The van der Waals surface area contributed by atoms with Gasteiger partial charge in [0.1, 0.15) is 0 Å². The van der Waals surface area contributed by atoms with Gasteiger partial charge in [0.2, 0.25) is 0 Å². The first-order valence-corrected chi connectivity index (χ1v) is 5.56. The highest BCUT2D eigenvalue weighted by molar-refractivity contribution is 7.71. The Morgan fingerprint density at radius 3 is 3.07 bits per heavy atom. The van der Waals surface area contributed by atoms with Gasteiger partial charge >= 0.3 is 0 Å². The average Bonchev–Trinajstić information content (AvgIpc) is 2.77. The molecular formula is C8H10N4OS2. The maximum absolute atomic E-state index is 5.07. The summed E-state index contributed by atoms with van der Waals surface area (Å²) in [5, 5.41) is 6.91. The van der Waals surface area contributed by atoms with E-state index in [0.29, 0.717) is 11.4 Å². The third kappa shape index (κ3) is 1.85. The molecule has 2 aromatic rings. The highest BCUT2D eigenvalue weighted by atomic mass is 32.1. The smallest absolute Gasteiger partial charge is 0.195 e. The summed E-state index contributed by atoms with van der Waals surface area (Å²) in [6.45, 7) is 0.485. The van der Waals surface area contributed by atoms with Crippen molar-refractivity contribution in [3.63, 3.8) is 0 Å². The van der Waals surface area contributed by atoms with Gasteiger partial charge in [-0.3, -0.25) is 5.10 Å². The molecule has 0 radical (unpaired) electrons. The molecule has 0 saturated heterocycles. The molecule has 0 aliphatic rings. The lowest BCUT2D eigenvalue weighted by atomic mass is 10.3. The van der Waals surface area contributed by atoms with Crippen molar-refractivity contribution < 1.29 is 4.74 Å². The van der Waals surface area contributed by atoms with Crippen molar-refractivity contribution in [2.24, 2.45) is 7.05 Å². The third-order valence-electron chi connectivity index (χ3n) is 2.01. The van der Waals surface area contributed by atoms with Gasteiger partial charge in [0.05, 0.1) is 22.7 Å². The second-order valence-corrected chi connectivity index (χ2v) is 4.21. The number of hydrogen-bond acceptors (Lipinski definition) is 5. The van der Waals surface area contributed by atoms with Gasteiger partial charge in [0, 0.05) is 14.2 Å². The minimum absolute atomic E-state index is 0.485. The van der Waals surface area contributed by atoms with Gasteiger partial charge in [-0.15, -0.1) is 11.3 Å². The zero-order valence-corrected chi connectivity index (χ0v) is 9.98. The summed E-state index contributed by atoms with van der Waals surface area (Å²) in [4.78, 5) is 5.22. The summed E-state index contributed by atoms with van der Waals surface area (Å²) in [5.74, 6) is 0.801. The highest BCUT2D eigenvalue weighted by Gasteiger charge is 2.13. The van der Waals surface area contributed by atoms with E-state index in [4.69, 9.17) is 17.0 Å². The summed E-state index contributed by atoms with van der Waals surface area (Å²) in [6, 6.07) is 0.